The Labute approximate surface area is 178 Å². The number of carbonyl (C=O) groups excluding carboxylic acids is 2. The van der Waals surface area contributed by atoms with E-state index < -0.39 is 0 Å². The van der Waals surface area contributed by atoms with E-state index in [0.29, 0.717) is 18.1 Å². The molecule has 0 fully saturated rings. The monoisotopic (exact) mass is 425 g/mol. The van der Waals surface area contributed by atoms with Crippen LogP contribution in [0.2, 0.25) is 5.02 Å². The molecule has 0 unspecified atom stereocenters. The van der Waals surface area contributed by atoms with Gasteiger partial charge in [0.1, 0.15) is 0 Å². The van der Waals surface area contributed by atoms with E-state index in [4.69, 9.17) is 11.6 Å². The summed E-state index contributed by atoms with van der Waals surface area (Å²) in [6, 6.07) is 13.2. The number of nitrogens with one attached hydrogen (secondary N) is 2. The van der Waals surface area contributed by atoms with Gasteiger partial charge in [0.25, 0.3) is 0 Å². The minimum absolute atomic E-state index is 0.0583. The van der Waals surface area contributed by atoms with E-state index in [1.807, 2.05) is 42.5 Å². The van der Waals surface area contributed by atoms with E-state index in [-0.39, 0.29) is 11.7 Å². The van der Waals surface area contributed by atoms with Gasteiger partial charge in [-0.15, -0.1) is 11.3 Å². The Balaban J connectivity index is 1.48. The topological polar surface area (TPSA) is 71.1 Å². The third kappa shape index (κ3) is 6.01. The average Bonchev–Trinajstić information content (AvgIpc) is 3.22. The van der Waals surface area contributed by atoms with Crippen molar-refractivity contribution in [3.63, 3.8) is 0 Å². The van der Waals surface area contributed by atoms with E-state index in [2.05, 4.69) is 15.6 Å². The second kappa shape index (κ2) is 10.0. The van der Waals surface area contributed by atoms with E-state index in [1.165, 1.54) is 17.4 Å². The Kier molecular flexibility index (Phi) is 7.16. The number of hydrogen-bond donors (Lipinski definition) is 2. The summed E-state index contributed by atoms with van der Waals surface area (Å²) >= 11 is 7.83. The predicted molar refractivity (Wildman–Crippen MR) is 120 cm³/mol. The van der Waals surface area contributed by atoms with Gasteiger partial charge in [0, 0.05) is 36.4 Å². The van der Waals surface area contributed by atoms with Crippen molar-refractivity contribution in [1.82, 2.24) is 10.3 Å². The first-order valence-corrected chi connectivity index (χ1v) is 10.2. The summed E-state index contributed by atoms with van der Waals surface area (Å²) in [7, 11) is 0. The first-order valence-electron chi connectivity index (χ1n) is 9.03. The Morgan fingerprint density at radius 2 is 2.03 bits per heavy atom. The number of pyridine rings is 1. The van der Waals surface area contributed by atoms with Crippen LogP contribution in [0.5, 0.6) is 0 Å². The van der Waals surface area contributed by atoms with E-state index in [0.717, 1.165) is 26.6 Å². The Bertz CT molecular complexity index is 1030. The number of aromatic nitrogens is 1. The van der Waals surface area contributed by atoms with Crippen LogP contribution >= 0.6 is 22.9 Å². The molecule has 5 nitrogen and oxygen atoms in total. The van der Waals surface area contributed by atoms with Crippen LogP contribution in [0.15, 0.2) is 60.9 Å². The molecule has 0 aliphatic carbocycles. The SMILES string of the molecule is CC(=O)c1ccc(-c2ccc(NCCNC(=O)/C=C/c3cccnc3)c(Cl)c2)s1. The highest BCUT2D eigenvalue weighted by Gasteiger charge is 2.08. The molecule has 29 heavy (non-hydrogen) atoms. The molecule has 7 heteroatoms. The number of amides is 1. The molecule has 0 radical (unpaired) electrons. The maximum atomic E-state index is 11.9. The molecule has 0 aliphatic rings. The number of Topliss-reactive ketones (excluding diaryl/α,β-unsaturated/α-hetero) is 1. The fourth-order valence-corrected chi connectivity index (χ4v) is 3.73. The van der Waals surface area contributed by atoms with Crippen molar-refractivity contribution < 1.29 is 9.59 Å². The molecule has 1 aromatic carbocycles. The van der Waals surface area contributed by atoms with Crippen molar-refractivity contribution in [3.05, 3.63) is 76.4 Å². The molecule has 0 bridgehead atoms. The number of hydrogen-bond acceptors (Lipinski definition) is 5. The van der Waals surface area contributed by atoms with E-state index >= 15 is 0 Å². The van der Waals surface area contributed by atoms with Crippen LogP contribution in [0.3, 0.4) is 0 Å². The number of thiophene rings is 1. The van der Waals surface area contributed by atoms with Crippen LogP contribution in [0, 0.1) is 0 Å². The van der Waals surface area contributed by atoms with Gasteiger partial charge in [-0.1, -0.05) is 23.7 Å². The maximum absolute atomic E-state index is 11.9. The van der Waals surface area contributed by atoms with Crippen molar-refractivity contribution in [2.75, 3.05) is 18.4 Å². The minimum Gasteiger partial charge on any atom is -0.382 e. The molecule has 0 atom stereocenters. The third-order valence-electron chi connectivity index (χ3n) is 4.06. The van der Waals surface area contributed by atoms with Gasteiger partial charge in [0.05, 0.1) is 15.6 Å². The zero-order chi connectivity index (χ0) is 20.6. The van der Waals surface area contributed by atoms with Gasteiger partial charge < -0.3 is 10.6 Å². The van der Waals surface area contributed by atoms with Crippen LogP contribution < -0.4 is 10.6 Å². The third-order valence-corrected chi connectivity index (χ3v) is 5.61. The summed E-state index contributed by atoms with van der Waals surface area (Å²) in [6.45, 7) is 2.56. The molecule has 0 aliphatic heterocycles. The van der Waals surface area contributed by atoms with Gasteiger partial charge in [-0.3, -0.25) is 14.6 Å². The van der Waals surface area contributed by atoms with Crippen molar-refractivity contribution >= 4 is 46.4 Å². The summed E-state index contributed by atoms with van der Waals surface area (Å²) in [5, 5.41) is 6.61. The summed E-state index contributed by atoms with van der Waals surface area (Å²) in [5.74, 6) is -0.112. The lowest BCUT2D eigenvalue weighted by Gasteiger charge is -2.10. The number of ketones is 1. The van der Waals surface area contributed by atoms with Gasteiger partial charge in [-0.05, 0) is 54.5 Å². The molecular weight excluding hydrogens is 406 g/mol. The minimum atomic E-state index is -0.170. The standard InChI is InChI=1S/C22H20ClN3O2S/c1-15(27)20-7-8-21(29-20)17-5-6-19(18(23)13-17)25-11-12-26-22(28)9-4-16-3-2-10-24-14-16/h2-10,13-14,25H,11-12H2,1H3,(H,26,28)/b9-4+. The molecule has 2 aromatic heterocycles. The highest BCUT2D eigenvalue weighted by molar-refractivity contribution is 7.17. The molecule has 0 saturated carbocycles. The molecule has 3 aromatic rings. The fourth-order valence-electron chi connectivity index (χ4n) is 2.58. The first-order chi connectivity index (χ1) is 14.0. The Morgan fingerprint density at radius 1 is 1.17 bits per heavy atom. The van der Waals surface area contributed by atoms with Crippen LogP contribution in [-0.2, 0) is 4.79 Å². The van der Waals surface area contributed by atoms with Gasteiger partial charge in [0.2, 0.25) is 5.91 Å². The molecule has 0 spiro atoms. The maximum Gasteiger partial charge on any atom is 0.244 e. The largest absolute Gasteiger partial charge is 0.382 e. The van der Waals surface area contributed by atoms with Crippen LogP contribution in [0.4, 0.5) is 5.69 Å². The van der Waals surface area contributed by atoms with Gasteiger partial charge in [0.15, 0.2) is 5.78 Å². The van der Waals surface area contributed by atoms with Crippen LogP contribution in [0.1, 0.15) is 22.2 Å². The summed E-state index contributed by atoms with van der Waals surface area (Å²) in [4.78, 5) is 29.0. The first kappa shape index (κ1) is 20.8. The van der Waals surface area contributed by atoms with Gasteiger partial charge in [-0.25, -0.2) is 0 Å². The predicted octanol–water partition coefficient (Wildman–Crippen LogP) is 4.91. The number of rotatable bonds is 8. The van der Waals surface area contributed by atoms with Crippen molar-refractivity contribution in [1.29, 1.82) is 0 Å². The lowest BCUT2D eigenvalue weighted by atomic mass is 10.1. The molecular formula is C22H20ClN3O2S. The van der Waals surface area contributed by atoms with E-state index in [9.17, 15) is 9.59 Å². The number of anilines is 1. The number of nitrogens with zero attached hydrogens (tertiary/aromatic N) is 1. The second-order valence-corrected chi connectivity index (χ2v) is 7.74. The summed E-state index contributed by atoms with van der Waals surface area (Å²) in [6.07, 6.45) is 6.57. The highest BCUT2D eigenvalue weighted by atomic mass is 35.5. The lowest BCUT2D eigenvalue weighted by molar-refractivity contribution is -0.116. The summed E-state index contributed by atoms with van der Waals surface area (Å²) < 4.78 is 0. The quantitative estimate of drug-likeness (QED) is 0.305. The lowest BCUT2D eigenvalue weighted by Crippen LogP contribution is -2.27. The molecule has 2 heterocycles. The molecule has 148 valence electrons. The number of benzene rings is 1. The van der Waals surface area contributed by atoms with Crippen LogP contribution in [0.25, 0.3) is 16.5 Å². The molecule has 1 amide bonds. The zero-order valence-corrected chi connectivity index (χ0v) is 17.4. The van der Waals surface area contributed by atoms with Gasteiger partial charge in [-0.2, -0.15) is 0 Å². The van der Waals surface area contributed by atoms with E-state index in [1.54, 1.807) is 25.4 Å². The number of halogens is 1. The van der Waals surface area contributed by atoms with Crippen molar-refractivity contribution in [2.45, 2.75) is 6.92 Å². The summed E-state index contributed by atoms with van der Waals surface area (Å²) in [5.41, 5.74) is 2.62. The molecule has 3 rings (SSSR count). The Morgan fingerprint density at radius 3 is 2.72 bits per heavy atom. The van der Waals surface area contributed by atoms with Crippen LogP contribution in [-0.4, -0.2) is 29.8 Å². The number of carbonyl (C=O) groups is 2. The zero-order valence-electron chi connectivity index (χ0n) is 15.8. The van der Waals surface area contributed by atoms with Gasteiger partial charge >= 0.3 is 0 Å². The second-order valence-electron chi connectivity index (χ2n) is 6.25. The van der Waals surface area contributed by atoms with Crippen molar-refractivity contribution in [3.8, 4) is 10.4 Å². The highest BCUT2D eigenvalue weighted by Crippen LogP contribution is 2.33. The Hall–Kier alpha value is -2.96. The van der Waals surface area contributed by atoms with Crippen molar-refractivity contribution in [2.24, 2.45) is 0 Å². The molecule has 2 N–H and O–H groups in total. The fraction of sp³-hybridized carbons (Fsp3) is 0.136. The average molecular weight is 426 g/mol. The molecule has 0 saturated heterocycles. The smallest absolute Gasteiger partial charge is 0.244 e. The normalized spacial score (nSPS) is 10.8.